The van der Waals surface area contributed by atoms with Crippen LogP contribution in [-0.2, 0) is 15.4 Å². The van der Waals surface area contributed by atoms with Crippen LogP contribution in [0.4, 0.5) is 17.5 Å². The Bertz CT molecular complexity index is 1720. The number of sulfonamides is 1. The number of amides is 1. The highest BCUT2D eigenvalue weighted by molar-refractivity contribution is 7.90. The summed E-state index contributed by atoms with van der Waals surface area (Å²) in [5.41, 5.74) is 1.40. The van der Waals surface area contributed by atoms with Gasteiger partial charge >= 0.3 is 0 Å². The molecule has 2 saturated heterocycles. The molecule has 0 unspecified atom stereocenters. The summed E-state index contributed by atoms with van der Waals surface area (Å²) in [5.74, 6) is 1.47. The van der Waals surface area contributed by atoms with Gasteiger partial charge in [0, 0.05) is 49.4 Å². The Labute approximate surface area is 285 Å². The number of aromatic nitrogens is 3. The highest BCUT2D eigenvalue weighted by Crippen LogP contribution is 2.41. The predicted molar refractivity (Wildman–Crippen MR) is 188 cm³/mol. The van der Waals surface area contributed by atoms with Crippen molar-refractivity contribution < 1.29 is 13.2 Å². The molecule has 11 nitrogen and oxygen atoms in total. The number of nitrogens with one attached hydrogen (secondary N) is 2. The summed E-state index contributed by atoms with van der Waals surface area (Å²) in [5, 5.41) is 3.27. The fraction of sp³-hybridized carbons (Fsp3) is 0.529. The van der Waals surface area contributed by atoms with Gasteiger partial charge in [-0.25, -0.2) is 19.7 Å². The van der Waals surface area contributed by atoms with E-state index in [1.807, 2.05) is 18.2 Å². The first-order valence-electron chi connectivity index (χ1n) is 16.2. The third-order valence-electron chi connectivity index (χ3n) is 9.46. The molecule has 3 aliphatic rings. The summed E-state index contributed by atoms with van der Waals surface area (Å²) in [4.78, 5) is 35.1. The maximum Gasteiger partial charge on any atom is 0.281 e. The molecule has 2 fully saturated rings. The average molecular weight is 683 g/mol. The first kappa shape index (κ1) is 34.8. The number of carbonyl (C=O) groups excluding carboxylic acids is 1. The van der Waals surface area contributed by atoms with Crippen LogP contribution in [0.3, 0.4) is 0 Å². The van der Waals surface area contributed by atoms with E-state index >= 15 is 0 Å². The first-order chi connectivity index (χ1) is 21.7. The van der Waals surface area contributed by atoms with Gasteiger partial charge in [0.1, 0.15) is 17.5 Å². The zero-order chi connectivity index (χ0) is 32.9. The van der Waals surface area contributed by atoms with Gasteiger partial charge in [0.15, 0.2) is 5.03 Å². The van der Waals surface area contributed by atoms with Gasteiger partial charge < -0.3 is 20.0 Å². The van der Waals surface area contributed by atoms with Crippen LogP contribution in [-0.4, -0.2) is 79.5 Å². The number of pyridine rings is 3. The Kier molecular flexibility index (Phi) is 9.79. The molecule has 3 aromatic rings. The second-order valence-electron chi connectivity index (χ2n) is 14.6. The van der Waals surface area contributed by atoms with E-state index in [1.165, 1.54) is 6.07 Å². The molecule has 0 spiro atoms. The van der Waals surface area contributed by atoms with E-state index in [-0.39, 0.29) is 40.0 Å². The lowest BCUT2D eigenvalue weighted by Gasteiger charge is -2.34. The van der Waals surface area contributed by atoms with E-state index in [1.54, 1.807) is 18.2 Å². The number of fused-ring (bicyclic) bond motifs is 6. The summed E-state index contributed by atoms with van der Waals surface area (Å²) >= 11 is 0. The number of carbonyl (C=O) groups is 1. The zero-order valence-corrected chi connectivity index (χ0v) is 29.8. The molecule has 0 aromatic carbocycles. The number of rotatable bonds is 2. The van der Waals surface area contributed by atoms with Gasteiger partial charge in [0.05, 0.1) is 17.3 Å². The number of hydrogen-bond donors (Lipinski definition) is 2. The Hall–Kier alpha value is -3.48. The molecule has 0 saturated carbocycles. The van der Waals surface area contributed by atoms with E-state index < -0.39 is 15.9 Å². The molecular weight excluding hydrogens is 636 g/mol. The lowest BCUT2D eigenvalue weighted by Crippen LogP contribution is -2.44. The molecule has 2 atom stereocenters. The Morgan fingerprint density at radius 1 is 0.915 bits per heavy atom. The molecule has 0 aliphatic carbocycles. The summed E-state index contributed by atoms with van der Waals surface area (Å²) in [7, 11) is -2.15. The van der Waals surface area contributed by atoms with Crippen molar-refractivity contribution in [3.63, 3.8) is 0 Å². The minimum Gasteiger partial charge on any atom is -0.362 e. The Balaban J connectivity index is 0.00000433. The van der Waals surface area contributed by atoms with Crippen LogP contribution in [0.5, 0.6) is 0 Å². The monoisotopic (exact) mass is 682 g/mol. The van der Waals surface area contributed by atoms with E-state index in [9.17, 15) is 13.2 Å². The van der Waals surface area contributed by atoms with Crippen LogP contribution in [0.15, 0.2) is 53.6 Å². The normalized spacial score (nSPS) is 23.0. The van der Waals surface area contributed by atoms with E-state index in [0.717, 1.165) is 62.6 Å². The Morgan fingerprint density at radius 3 is 2.36 bits per heavy atom. The van der Waals surface area contributed by atoms with Crippen LogP contribution in [0.1, 0.15) is 81.7 Å². The summed E-state index contributed by atoms with van der Waals surface area (Å²) in [6, 6.07) is 14.2. The lowest BCUT2D eigenvalue weighted by molar-refractivity contribution is 0.0981. The fourth-order valence-electron chi connectivity index (χ4n) is 6.80. The fourth-order valence-corrected chi connectivity index (χ4v) is 7.73. The molecule has 1 amide bonds. The topological polar surface area (TPSA) is 124 Å². The van der Waals surface area contributed by atoms with Gasteiger partial charge in [-0.2, -0.15) is 8.42 Å². The largest absolute Gasteiger partial charge is 0.362 e. The standard InChI is InChI=1S/C34H46N8O3S.ClH/c1-33(2,3)27-16-14-24-31(37-27)42-22-23(21-34(42,4)5)13-15-26(25-9-7-11-29(36-25)41-19-17-40(6)18-20-41)35-28-10-8-12-30(38-28)46(44,45)39-32(24)43;/h7-12,14,16,23,26H,13,15,17-22H2,1-6H3,(H,35,38)(H,39,43);1H/t23-,26+;/m0./s1. The van der Waals surface area contributed by atoms with Gasteiger partial charge in [-0.3, -0.25) is 4.79 Å². The molecule has 6 rings (SSSR count). The smallest absolute Gasteiger partial charge is 0.281 e. The highest BCUT2D eigenvalue weighted by atomic mass is 35.5. The molecule has 2 N–H and O–H groups in total. The second-order valence-corrected chi connectivity index (χ2v) is 16.2. The van der Waals surface area contributed by atoms with Gasteiger partial charge in [-0.15, -0.1) is 12.4 Å². The molecule has 13 heteroatoms. The van der Waals surface area contributed by atoms with Gasteiger partial charge in [0.25, 0.3) is 15.9 Å². The van der Waals surface area contributed by atoms with Crippen molar-refractivity contribution in [1.29, 1.82) is 0 Å². The van der Waals surface area contributed by atoms with E-state index in [0.29, 0.717) is 24.1 Å². The van der Waals surface area contributed by atoms with Gasteiger partial charge in [-0.1, -0.05) is 32.9 Å². The number of anilines is 3. The summed E-state index contributed by atoms with van der Waals surface area (Å²) < 4.78 is 29.4. The van der Waals surface area contributed by atoms with Crippen LogP contribution in [0.25, 0.3) is 0 Å². The molecule has 254 valence electrons. The maximum atomic E-state index is 13.7. The third kappa shape index (κ3) is 7.49. The predicted octanol–water partition coefficient (Wildman–Crippen LogP) is 5.01. The number of hydrogen-bond acceptors (Lipinski definition) is 10. The average Bonchev–Trinajstić information content (AvgIpc) is 3.32. The Morgan fingerprint density at radius 2 is 1.64 bits per heavy atom. The quantitative estimate of drug-likeness (QED) is 0.381. The highest BCUT2D eigenvalue weighted by Gasteiger charge is 2.41. The second kappa shape index (κ2) is 13.2. The molecule has 0 radical (unpaired) electrons. The van der Waals surface area contributed by atoms with Crippen LogP contribution < -0.4 is 19.8 Å². The van der Waals surface area contributed by atoms with Crippen molar-refractivity contribution in [2.45, 2.75) is 75.9 Å². The zero-order valence-electron chi connectivity index (χ0n) is 28.2. The van der Waals surface area contributed by atoms with Crippen molar-refractivity contribution in [3.8, 4) is 0 Å². The lowest BCUT2D eigenvalue weighted by atomic mass is 9.90. The van der Waals surface area contributed by atoms with Crippen molar-refractivity contribution in [2.24, 2.45) is 5.92 Å². The molecular formula is C34H47ClN8O3S. The summed E-state index contributed by atoms with van der Waals surface area (Å²) in [6.45, 7) is 15.1. The van der Waals surface area contributed by atoms with Crippen molar-refractivity contribution >= 4 is 45.8 Å². The molecule has 4 bridgehead atoms. The van der Waals surface area contributed by atoms with Crippen molar-refractivity contribution in [3.05, 3.63) is 65.5 Å². The van der Waals surface area contributed by atoms with Crippen molar-refractivity contribution in [1.82, 2.24) is 24.6 Å². The third-order valence-corrected chi connectivity index (χ3v) is 10.7. The number of piperazine rings is 1. The van der Waals surface area contributed by atoms with Crippen LogP contribution in [0.2, 0.25) is 0 Å². The van der Waals surface area contributed by atoms with Crippen LogP contribution in [0, 0.1) is 5.92 Å². The maximum absolute atomic E-state index is 13.7. The number of nitrogens with zero attached hydrogens (tertiary/aromatic N) is 6. The SMILES string of the molecule is CN1CCN(c2cccc([C@H]3CC[C@@H]4CN(c5nc(C(C)(C)C)ccc5C(=O)NS(=O)(=O)c5cccc(n5)N3)C(C)(C)C4)n2)CC1.Cl. The van der Waals surface area contributed by atoms with Gasteiger partial charge in [-0.05, 0) is 82.5 Å². The molecule has 6 heterocycles. The summed E-state index contributed by atoms with van der Waals surface area (Å²) in [6.07, 6.45) is 2.57. The van der Waals surface area contributed by atoms with Crippen LogP contribution >= 0.6 is 12.4 Å². The van der Waals surface area contributed by atoms with E-state index in [2.05, 4.69) is 77.5 Å². The van der Waals surface area contributed by atoms with Crippen molar-refractivity contribution in [2.75, 3.05) is 54.9 Å². The first-order valence-corrected chi connectivity index (χ1v) is 17.7. The van der Waals surface area contributed by atoms with E-state index in [4.69, 9.17) is 9.97 Å². The molecule has 3 aromatic heterocycles. The minimum absolute atomic E-state index is 0. The molecule has 47 heavy (non-hydrogen) atoms. The number of halogens is 1. The minimum atomic E-state index is -4.28. The van der Waals surface area contributed by atoms with Gasteiger partial charge in [0.2, 0.25) is 0 Å². The molecule has 3 aliphatic heterocycles. The number of likely N-dealkylation sites (N-methyl/N-ethyl adjacent to an activating group) is 1.